The number of aromatic amines is 1. The van der Waals surface area contributed by atoms with Gasteiger partial charge in [0.05, 0.1) is 0 Å². The van der Waals surface area contributed by atoms with Gasteiger partial charge in [-0.25, -0.2) is 4.79 Å². The zero-order valence-corrected chi connectivity index (χ0v) is 21.0. The smallest absolute Gasteiger partial charge is 0.387 e. The minimum Gasteiger partial charge on any atom is -0.508 e. The van der Waals surface area contributed by atoms with Gasteiger partial charge in [0.1, 0.15) is 23.1 Å². The fourth-order valence-corrected chi connectivity index (χ4v) is 5.90. The van der Waals surface area contributed by atoms with Gasteiger partial charge in [0.15, 0.2) is 0 Å². The lowest BCUT2D eigenvalue weighted by atomic mass is 9.81. The Morgan fingerprint density at radius 2 is 2.03 bits per heavy atom. The Morgan fingerprint density at radius 3 is 2.76 bits per heavy atom. The quantitative estimate of drug-likeness (QED) is 0.282. The molecule has 1 saturated heterocycles. The number of aromatic nitrogens is 1. The number of carbonyl (C=O) groups is 2. The van der Waals surface area contributed by atoms with E-state index in [0.29, 0.717) is 35.1 Å². The van der Waals surface area contributed by atoms with E-state index in [9.17, 15) is 23.5 Å². The maximum Gasteiger partial charge on any atom is 0.387 e. The third-order valence-electron chi connectivity index (χ3n) is 7.91. The fourth-order valence-electron chi connectivity index (χ4n) is 5.90. The molecule has 38 heavy (non-hydrogen) atoms. The Bertz CT molecular complexity index is 1400. The van der Waals surface area contributed by atoms with E-state index in [0.717, 1.165) is 24.6 Å². The van der Waals surface area contributed by atoms with Gasteiger partial charge in [0.2, 0.25) is 0 Å². The third-order valence-corrected chi connectivity index (χ3v) is 7.91. The molecule has 0 spiro atoms. The molecule has 200 valence electrons. The van der Waals surface area contributed by atoms with Crippen molar-refractivity contribution in [3.8, 4) is 11.5 Å². The van der Waals surface area contributed by atoms with Crippen LogP contribution in [-0.4, -0.2) is 63.6 Å². The Labute approximate surface area is 218 Å². The first kappa shape index (κ1) is 24.7. The number of nitrogens with one attached hydrogen (secondary N) is 2. The number of rotatable bonds is 9. The summed E-state index contributed by atoms with van der Waals surface area (Å²) in [6, 6.07) is 10.2. The van der Waals surface area contributed by atoms with Crippen molar-refractivity contribution in [2.24, 2.45) is 5.92 Å². The first-order valence-corrected chi connectivity index (χ1v) is 13.0. The third kappa shape index (κ3) is 4.16. The number of H-pyrrole nitrogens is 1. The maximum absolute atomic E-state index is 13.8. The molecular weight excluding hydrogens is 494 g/mol. The molecule has 2 aliphatic heterocycles. The van der Waals surface area contributed by atoms with Gasteiger partial charge >= 0.3 is 12.6 Å². The number of halogens is 2. The summed E-state index contributed by atoms with van der Waals surface area (Å²) in [6.45, 7) is 0.781. The van der Waals surface area contributed by atoms with Gasteiger partial charge in [-0.2, -0.15) is 8.78 Å². The number of phenolic OH excluding ortho intramolecular Hbond substituents is 1. The highest BCUT2D eigenvalue weighted by atomic mass is 19.3. The maximum atomic E-state index is 13.8. The number of carbonyl (C=O) groups excluding carboxylic acids is 2. The number of phenols is 1. The van der Waals surface area contributed by atoms with Crippen LogP contribution in [0.4, 0.5) is 13.6 Å². The topological polar surface area (TPSA) is 97.9 Å². The first-order valence-electron chi connectivity index (χ1n) is 13.0. The van der Waals surface area contributed by atoms with Crippen molar-refractivity contribution in [3.05, 3.63) is 59.3 Å². The summed E-state index contributed by atoms with van der Waals surface area (Å²) in [4.78, 5) is 34.0. The van der Waals surface area contributed by atoms with Crippen LogP contribution in [0.25, 0.3) is 10.9 Å². The van der Waals surface area contributed by atoms with E-state index in [1.54, 1.807) is 48.2 Å². The molecule has 1 saturated carbocycles. The summed E-state index contributed by atoms with van der Waals surface area (Å²) in [5.74, 6) is 0.521. The molecule has 3 amide bonds. The fraction of sp³-hybridized carbons (Fsp3) is 0.429. The van der Waals surface area contributed by atoms with E-state index >= 15 is 0 Å². The summed E-state index contributed by atoms with van der Waals surface area (Å²) in [6.07, 6.45) is 3.37. The number of amides is 3. The summed E-state index contributed by atoms with van der Waals surface area (Å²) in [7, 11) is 0. The largest absolute Gasteiger partial charge is 0.508 e. The van der Waals surface area contributed by atoms with Gasteiger partial charge in [-0.3, -0.25) is 14.6 Å². The number of benzene rings is 2. The molecule has 1 aliphatic carbocycles. The van der Waals surface area contributed by atoms with Crippen LogP contribution in [-0.2, 0) is 11.2 Å². The number of ether oxygens (including phenoxy) is 1. The van der Waals surface area contributed by atoms with E-state index < -0.39 is 18.2 Å². The number of imide groups is 1. The zero-order chi connectivity index (χ0) is 26.6. The number of alkyl halides is 2. The van der Waals surface area contributed by atoms with Crippen molar-refractivity contribution in [2.45, 2.75) is 50.8 Å². The first-order chi connectivity index (χ1) is 18.3. The molecule has 8 nitrogen and oxygen atoms in total. The number of fused-ring (bicyclic) bond motifs is 4. The lowest BCUT2D eigenvalue weighted by molar-refractivity contribution is -0.133. The Hall–Kier alpha value is -3.66. The SMILES string of the molecule is CC12Cc3c([nH]c4ccc(OC(F)F)cc34)C(c3cccc(O)c3)N1C(=O)N(CCCNCC1CC1)C2=O. The van der Waals surface area contributed by atoms with E-state index in [1.807, 2.05) is 0 Å². The van der Waals surface area contributed by atoms with Crippen LogP contribution < -0.4 is 10.1 Å². The van der Waals surface area contributed by atoms with Gasteiger partial charge in [-0.15, -0.1) is 0 Å². The van der Waals surface area contributed by atoms with E-state index in [1.165, 1.54) is 23.8 Å². The molecule has 1 aromatic heterocycles. The molecule has 2 unspecified atom stereocenters. The van der Waals surface area contributed by atoms with Crippen molar-refractivity contribution < 1.29 is 28.2 Å². The molecule has 3 aromatic rings. The van der Waals surface area contributed by atoms with Crippen LogP contribution in [0, 0.1) is 5.92 Å². The second-order valence-electron chi connectivity index (χ2n) is 10.7. The molecule has 3 N–H and O–H groups in total. The van der Waals surface area contributed by atoms with E-state index in [4.69, 9.17) is 0 Å². The summed E-state index contributed by atoms with van der Waals surface area (Å²) in [5, 5.41) is 14.3. The summed E-state index contributed by atoms with van der Waals surface area (Å²) >= 11 is 0. The van der Waals surface area contributed by atoms with Gasteiger partial charge < -0.3 is 20.1 Å². The standard InChI is InChI=1S/C28H30F2N4O4/c1-28-14-21-20-13-19(38-26(29)30)8-9-22(20)32-23(21)24(17-4-2-5-18(35)12-17)34(28)27(37)33(25(28)36)11-3-10-31-15-16-6-7-16/h2,4-5,8-9,12-13,16,24,26,31-32,35H,3,6-7,10-11,14-15H2,1H3. The highest BCUT2D eigenvalue weighted by Gasteiger charge is 2.60. The predicted molar refractivity (Wildman–Crippen MR) is 136 cm³/mol. The Balaban J connectivity index is 1.39. The van der Waals surface area contributed by atoms with Crippen LogP contribution in [0.5, 0.6) is 11.5 Å². The Morgan fingerprint density at radius 1 is 1.21 bits per heavy atom. The number of nitrogens with zero attached hydrogens (tertiary/aromatic N) is 2. The second-order valence-corrected chi connectivity index (χ2v) is 10.7. The number of urea groups is 1. The molecule has 2 fully saturated rings. The Kier molecular flexibility index (Phi) is 6.02. The second kappa shape index (κ2) is 9.27. The van der Waals surface area contributed by atoms with E-state index in [2.05, 4.69) is 15.0 Å². The van der Waals surface area contributed by atoms with Crippen LogP contribution in [0.1, 0.15) is 49.0 Å². The number of aromatic hydroxyl groups is 1. The van der Waals surface area contributed by atoms with Gasteiger partial charge in [-0.05, 0) is 86.7 Å². The van der Waals surface area contributed by atoms with Crippen LogP contribution in [0.15, 0.2) is 42.5 Å². The molecule has 3 aliphatic rings. The highest BCUT2D eigenvalue weighted by Crippen LogP contribution is 2.49. The van der Waals surface area contributed by atoms with Gasteiger partial charge in [-0.1, -0.05) is 12.1 Å². The average Bonchev–Trinajstić information content (AvgIpc) is 3.61. The number of hydrogen-bond donors (Lipinski definition) is 3. The van der Waals surface area contributed by atoms with Crippen LogP contribution in [0.2, 0.25) is 0 Å². The summed E-state index contributed by atoms with van der Waals surface area (Å²) < 4.78 is 30.5. The molecule has 10 heteroatoms. The molecule has 2 atom stereocenters. The van der Waals surface area contributed by atoms with E-state index in [-0.39, 0.29) is 29.9 Å². The van der Waals surface area contributed by atoms with Gasteiger partial charge in [0, 0.05) is 29.6 Å². The normalized spacial score (nSPS) is 22.9. The van der Waals surface area contributed by atoms with Crippen LogP contribution >= 0.6 is 0 Å². The van der Waals surface area contributed by atoms with Crippen LogP contribution in [0.3, 0.4) is 0 Å². The lowest BCUT2D eigenvalue weighted by Crippen LogP contribution is -2.53. The molecule has 0 radical (unpaired) electrons. The minimum atomic E-state index is -2.96. The monoisotopic (exact) mass is 524 g/mol. The summed E-state index contributed by atoms with van der Waals surface area (Å²) in [5.41, 5.74) is 1.59. The molecule has 6 rings (SSSR count). The van der Waals surface area contributed by atoms with Crippen molar-refractivity contribution in [2.75, 3.05) is 19.6 Å². The van der Waals surface area contributed by atoms with Gasteiger partial charge in [0.25, 0.3) is 5.91 Å². The average molecular weight is 525 g/mol. The lowest BCUT2D eigenvalue weighted by Gasteiger charge is -2.42. The highest BCUT2D eigenvalue weighted by molar-refractivity contribution is 6.08. The number of hydrogen-bond acceptors (Lipinski definition) is 5. The van der Waals surface area contributed by atoms with Crippen molar-refractivity contribution in [3.63, 3.8) is 0 Å². The molecule has 3 heterocycles. The minimum absolute atomic E-state index is 0.0185. The predicted octanol–water partition coefficient (Wildman–Crippen LogP) is 4.53. The molecule has 0 bridgehead atoms. The molecular formula is C28H30F2N4O4. The van der Waals surface area contributed by atoms with Crippen molar-refractivity contribution in [1.82, 2.24) is 20.1 Å². The van der Waals surface area contributed by atoms with Crippen molar-refractivity contribution in [1.29, 1.82) is 0 Å². The zero-order valence-electron chi connectivity index (χ0n) is 21.0. The molecule has 2 aromatic carbocycles. The van der Waals surface area contributed by atoms with Crippen molar-refractivity contribution >= 4 is 22.8 Å².